The van der Waals surface area contributed by atoms with Crippen LogP contribution in [0.1, 0.15) is 120 Å². The number of allylic oxidation sites excluding steroid dienone is 2. The number of rotatable bonds is 13. The van der Waals surface area contributed by atoms with Gasteiger partial charge in [0.15, 0.2) is 0 Å². The molecule has 2 aliphatic rings. The molecule has 0 spiro atoms. The third-order valence-corrected chi connectivity index (χ3v) is 64.2. The van der Waals surface area contributed by atoms with Gasteiger partial charge < -0.3 is 0 Å². The van der Waals surface area contributed by atoms with E-state index in [0.29, 0.717) is 11.8 Å². The van der Waals surface area contributed by atoms with E-state index in [4.69, 9.17) is 17.0 Å². The minimum atomic E-state index is -4.99. The SMILES string of the molecule is CCCc1ccc2c(c1-c1ccccc1CC)C=C(C(C)C)[CH]2[Zr]([Cl])([Cl])([CH]1C(C(C)C)=Cc2c1ccc(CCC)c2-c1ccccc1CC)[SiH](C)C. The second-order valence-electron chi connectivity index (χ2n) is 16.6. The Kier molecular flexibility index (Phi) is 12.0. The van der Waals surface area contributed by atoms with Crippen LogP contribution in [-0.4, -0.2) is 5.92 Å². The van der Waals surface area contributed by atoms with Crippen molar-refractivity contribution in [2.75, 3.05) is 0 Å². The first-order valence-electron chi connectivity index (χ1n) is 20.3. The molecule has 0 heterocycles. The Morgan fingerprint density at radius 3 is 1.27 bits per heavy atom. The minimum absolute atomic E-state index is 0.0782. The van der Waals surface area contributed by atoms with Gasteiger partial charge in [0.05, 0.1) is 0 Å². The van der Waals surface area contributed by atoms with E-state index in [1.165, 1.54) is 77.9 Å². The fraction of sp³-hybridized carbons (Fsp3) is 0.417. The summed E-state index contributed by atoms with van der Waals surface area (Å²) in [6.45, 7) is 23.7. The van der Waals surface area contributed by atoms with Crippen LogP contribution in [0.25, 0.3) is 34.4 Å². The van der Waals surface area contributed by atoms with E-state index in [1.807, 2.05) is 0 Å². The van der Waals surface area contributed by atoms with Gasteiger partial charge in [-0.2, -0.15) is 0 Å². The molecule has 0 fully saturated rings. The predicted octanol–water partition coefficient (Wildman–Crippen LogP) is 14.9. The second-order valence-corrected chi connectivity index (χ2v) is 59.1. The molecule has 6 rings (SSSR count). The van der Waals surface area contributed by atoms with E-state index in [0.717, 1.165) is 38.5 Å². The van der Waals surface area contributed by atoms with Crippen LogP contribution >= 0.6 is 17.0 Å². The van der Waals surface area contributed by atoms with Crippen LogP contribution in [-0.2, 0) is 41.2 Å². The Morgan fingerprint density at radius 2 is 0.942 bits per heavy atom. The van der Waals surface area contributed by atoms with Crippen LogP contribution in [0.15, 0.2) is 83.9 Å². The Morgan fingerprint density at radius 1 is 0.558 bits per heavy atom. The average molecular weight is 828 g/mol. The molecule has 0 N–H and O–H groups in total. The number of aryl methyl sites for hydroxylation is 4. The summed E-state index contributed by atoms with van der Waals surface area (Å²) in [4.78, 5) is 0. The molecule has 4 aromatic rings. The summed E-state index contributed by atoms with van der Waals surface area (Å²) in [5.74, 6) is -1.02. The summed E-state index contributed by atoms with van der Waals surface area (Å²) in [6, 6.07) is 28.0. The molecular weight excluding hydrogens is 767 g/mol. The van der Waals surface area contributed by atoms with E-state index in [1.54, 1.807) is 0 Å². The van der Waals surface area contributed by atoms with Gasteiger partial charge in [0.25, 0.3) is 0 Å². The zero-order valence-corrected chi connectivity index (χ0v) is 38.6. The first-order valence-corrected chi connectivity index (χ1v) is 36.6. The average Bonchev–Trinajstić information content (AvgIpc) is 3.73. The van der Waals surface area contributed by atoms with Crippen molar-refractivity contribution in [2.24, 2.45) is 11.8 Å². The molecule has 0 saturated carbocycles. The van der Waals surface area contributed by atoms with Gasteiger partial charge in [0.2, 0.25) is 0 Å². The molecule has 275 valence electrons. The number of hydrogen-bond donors (Lipinski definition) is 0. The Labute approximate surface area is 324 Å². The van der Waals surface area contributed by atoms with Crippen molar-refractivity contribution in [3.63, 3.8) is 0 Å². The first-order chi connectivity index (χ1) is 24.8. The summed E-state index contributed by atoms with van der Waals surface area (Å²) < 4.78 is 0.156. The summed E-state index contributed by atoms with van der Waals surface area (Å²) in [6.07, 6.45) is 11.5. The monoisotopic (exact) mass is 825 g/mol. The van der Waals surface area contributed by atoms with Crippen molar-refractivity contribution in [1.82, 2.24) is 0 Å². The van der Waals surface area contributed by atoms with Gasteiger partial charge in [0, 0.05) is 0 Å². The molecule has 4 heteroatoms. The van der Waals surface area contributed by atoms with Crippen LogP contribution in [0, 0.1) is 11.8 Å². The van der Waals surface area contributed by atoms with Crippen LogP contribution in [0.2, 0.25) is 13.1 Å². The molecule has 52 heavy (non-hydrogen) atoms. The molecule has 0 radical (unpaired) electrons. The van der Waals surface area contributed by atoms with Crippen molar-refractivity contribution in [3.8, 4) is 22.3 Å². The molecule has 4 aromatic carbocycles. The van der Waals surface area contributed by atoms with E-state index < -0.39 is 21.5 Å². The molecule has 0 amide bonds. The van der Waals surface area contributed by atoms with E-state index in [9.17, 15) is 0 Å². The van der Waals surface area contributed by atoms with E-state index in [-0.39, 0.29) is 7.25 Å². The van der Waals surface area contributed by atoms with Crippen LogP contribution in [0.4, 0.5) is 0 Å². The normalized spacial score (nSPS) is 17.7. The third-order valence-electron chi connectivity index (χ3n) is 12.6. The maximum absolute atomic E-state index is 8.95. The van der Waals surface area contributed by atoms with Crippen LogP contribution < -0.4 is 0 Å². The van der Waals surface area contributed by atoms with Crippen LogP contribution in [0.5, 0.6) is 0 Å². The number of fused-ring (bicyclic) bond motifs is 2. The summed E-state index contributed by atoms with van der Waals surface area (Å²) in [5, 5.41) is 0. The van der Waals surface area contributed by atoms with Gasteiger partial charge in [-0.1, -0.05) is 0 Å². The van der Waals surface area contributed by atoms with Crippen molar-refractivity contribution in [1.29, 1.82) is 0 Å². The molecule has 0 aliphatic heterocycles. The van der Waals surface area contributed by atoms with Crippen molar-refractivity contribution in [2.45, 2.75) is 114 Å². The molecular formula is C48H61Cl2SiZr. The van der Waals surface area contributed by atoms with E-state index in [2.05, 4.69) is 153 Å². The first kappa shape index (κ1) is 39.7. The van der Waals surface area contributed by atoms with Gasteiger partial charge in [0.1, 0.15) is 0 Å². The van der Waals surface area contributed by atoms with Crippen LogP contribution in [0.3, 0.4) is 0 Å². The predicted molar refractivity (Wildman–Crippen MR) is 232 cm³/mol. The zero-order valence-electron chi connectivity index (χ0n) is 33.5. The number of hydrogen-bond acceptors (Lipinski definition) is 0. The van der Waals surface area contributed by atoms with Crippen molar-refractivity contribution in [3.05, 3.63) is 128 Å². The van der Waals surface area contributed by atoms with Gasteiger partial charge in [-0.05, 0) is 0 Å². The molecule has 2 unspecified atom stereocenters. The zero-order chi connectivity index (χ0) is 37.6. The third kappa shape index (κ3) is 6.48. The molecule has 0 nitrogen and oxygen atoms in total. The number of halogens is 2. The topological polar surface area (TPSA) is 0 Å². The van der Waals surface area contributed by atoms with Gasteiger partial charge in [-0.15, -0.1) is 0 Å². The maximum atomic E-state index is 8.95. The fourth-order valence-corrected chi connectivity index (χ4v) is 41.3. The molecule has 0 saturated heterocycles. The summed E-state index contributed by atoms with van der Waals surface area (Å²) in [5.41, 5.74) is 19.8. The summed E-state index contributed by atoms with van der Waals surface area (Å²) >= 11 is -4.99. The quantitative estimate of drug-likeness (QED) is 0.118. The molecule has 0 aromatic heterocycles. The van der Waals surface area contributed by atoms with Crippen molar-refractivity contribution >= 4 is 35.1 Å². The standard InChI is InChI=1S/2C23H27.C2H7Si.2ClH.Zr/c2*1-5-9-18-12-13-19-14-20(16(3)4)15-22(19)23(18)21-11-8-7-10-17(21)6-2;1-3-2;;;/h2*7-8,10-16H,5-6,9H2,1-4H3;3H,1-2H3;2*1H;/q;;;;;+2/p-2. The van der Waals surface area contributed by atoms with Gasteiger partial charge in [-0.3, -0.25) is 0 Å². The van der Waals surface area contributed by atoms with E-state index >= 15 is 0 Å². The second kappa shape index (κ2) is 15.6. The Bertz CT molecular complexity index is 1890. The fourth-order valence-electron chi connectivity index (χ4n) is 9.84. The Balaban J connectivity index is 1.68. The molecule has 2 atom stereocenters. The Hall–Kier alpha value is -1.96. The molecule has 0 bridgehead atoms. The van der Waals surface area contributed by atoms with Crippen molar-refractivity contribution < 1.29 is 15.6 Å². The number of benzene rings is 4. The van der Waals surface area contributed by atoms with Gasteiger partial charge >= 0.3 is 327 Å². The van der Waals surface area contributed by atoms with Gasteiger partial charge in [-0.25, -0.2) is 0 Å². The molecule has 2 aliphatic carbocycles. The summed E-state index contributed by atoms with van der Waals surface area (Å²) in [7, 11) is 17.9.